The van der Waals surface area contributed by atoms with Gasteiger partial charge in [-0.1, -0.05) is 24.3 Å². The van der Waals surface area contributed by atoms with Gasteiger partial charge in [0, 0.05) is 5.92 Å². The fraction of sp³-hybridized carbons (Fsp3) is 0.278. The Labute approximate surface area is 129 Å². The van der Waals surface area contributed by atoms with Crippen LogP contribution in [0.4, 0.5) is 4.39 Å². The molecule has 116 valence electrons. The molecule has 0 saturated carbocycles. The largest absolute Gasteiger partial charge is 0.491 e. The van der Waals surface area contributed by atoms with E-state index in [-0.39, 0.29) is 24.3 Å². The van der Waals surface area contributed by atoms with Crippen LogP contribution >= 0.6 is 0 Å². The first-order chi connectivity index (χ1) is 10.5. The van der Waals surface area contributed by atoms with Gasteiger partial charge in [0.1, 0.15) is 11.6 Å². The molecular formula is C18H19FO3. The van der Waals surface area contributed by atoms with E-state index in [1.807, 2.05) is 38.1 Å². The molecule has 2 aromatic rings. The predicted octanol–water partition coefficient (Wildman–Crippen LogP) is 4.22. The quantitative estimate of drug-likeness (QED) is 0.869. The minimum absolute atomic E-state index is 0.0456. The van der Waals surface area contributed by atoms with Gasteiger partial charge in [0.05, 0.1) is 12.5 Å². The fourth-order valence-corrected chi connectivity index (χ4v) is 2.35. The standard InChI is InChI=1S/C18H19FO3/c1-12(2)22-16-9-5-14(6-10-16)17(11-18(20)21)13-3-7-15(19)8-4-13/h3-10,12,17H,11H2,1-2H3,(H,20,21)/t17-/m1/s1. The highest BCUT2D eigenvalue weighted by Crippen LogP contribution is 2.29. The Hall–Kier alpha value is -2.36. The first-order valence-electron chi connectivity index (χ1n) is 7.19. The molecular weight excluding hydrogens is 283 g/mol. The summed E-state index contributed by atoms with van der Waals surface area (Å²) in [5, 5.41) is 9.14. The molecule has 0 aliphatic carbocycles. The third-order valence-electron chi connectivity index (χ3n) is 3.31. The van der Waals surface area contributed by atoms with Crippen molar-refractivity contribution in [1.29, 1.82) is 0 Å². The molecule has 4 heteroatoms. The maximum absolute atomic E-state index is 13.1. The molecule has 0 amide bonds. The normalized spacial score (nSPS) is 12.2. The first kappa shape index (κ1) is 16.0. The molecule has 0 saturated heterocycles. The Morgan fingerprint density at radius 1 is 1.05 bits per heavy atom. The molecule has 0 fully saturated rings. The van der Waals surface area contributed by atoms with Crippen LogP contribution in [0.25, 0.3) is 0 Å². The third-order valence-corrected chi connectivity index (χ3v) is 3.31. The average molecular weight is 302 g/mol. The minimum atomic E-state index is -0.892. The van der Waals surface area contributed by atoms with E-state index in [9.17, 15) is 9.18 Å². The van der Waals surface area contributed by atoms with E-state index < -0.39 is 5.97 Å². The van der Waals surface area contributed by atoms with Gasteiger partial charge >= 0.3 is 5.97 Å². The van der Waals surface area contributed by atoms with Crippen molar-refractivity contribution in [2.75, 3.05) is 0 Å². The van der Waals surface area contributed by atoms with Gasteiger partial charge in [-0.15, -0.1) is 0 Å². The summed E-state index contributed by atoms with van der Waals surface area (Å²) < 4.78 is 18.6. The number of carboxylic acids is 1. The lowest BCUT2D eigenvalue weighted by molar-refractivity contribution is -0.137. The van der Waals surface area contributed by atoms with Gasteiger partial charge in [-0.3, -0.25) is 4.79 Å². The van der Waals surface area contributed by atoms with E-state index in [4.69, 9.17) is 9.84 Å². The summed E-state index contributed by atoms with van der Waals surface area (Å²) in [6, 6.07) is 13.3. The van der Waals surface area contributed by atoms with Crippen LogP contribution in [0, 0.1) is 5.82 Å². The van der Waals surface area contributed by atoms with E-state index in [1.54, 1.807) is 12.1 Å². The second-order valence-corrected chi connectivity index (χ2v) is 5.44. The van der Waals surface area contributed by atoms with Crippen LogP contribution < -0.4 is 4.74 Å². The van der Waals surface area contributed by atoms with Gasteiger partial charge in [0.15, 0.2) is 0 Å². The van der Waals surface area contributed by atoms with Crippen LogP contribution in [0.15, 0.2) is 48.5 Å². The average Bonchev–Trinajstić information content (AvgIpc) is 2.46. The lowest BCUT2D eigenvalue weighted by atomic mass is 9.88. The molecule has 0 aromatic heterocycles. The lowest BCUT2D eigenvalue weighted by Crippen LogP contribution is -2.09. The van der Waals surface area contributed by atoms with Gasteiger partial charge in [-0.25, -0.2) is 4.39 Å². The zero-order valence-electron chi connectivity index (χ0n) is 12.6. The highest BCUT2D eigenvalue weighted by molar-refractivity contribution is 5.69. The number of hydrogen-bond donors (Lipinski definition) is 1. The number of benzene rings is 2. The topological polar surface area (TPSA) is 46.5 Å². The number of carboxylic acid groups (broad SMARTS) is 1. The SMILES string of the molecule is CC(C)Oc1ccc([C@H](CC(=O)O)c2ccc(F)cc2)cc1. The number of halogens is 1. The summed E-state index contributed by atoms with van der Waals surface area (Å²) in [5.74, 6) is -0.798. The molecule has 0 radical (unpaired) electrons. The van der Waals surface area contributed by atoms with Crippen LogP contribution in [0.5, 0.6) is 5.75 Å². The van der Waals surface area contributed by atoms with Crippen LogP contribution in [-0.4, -0.2) is 17.2 Å². The van der Waals surface area contributed by atoms with Crippen molar-refractivity contribution in [2.24, 2.45) is 0 Å². The van der Waals surface area contributed by atoms with Gasteiger partial charge in [0.25, 0.3) is 0 Å². The Bertz CT molecular complexity index is 618. The van der Waals surface area contributed by atoms with Gasteiger partial charge < -0.3 is 9.84 Å². The predicted molar refractivity (Wildman–Crippen MR) is 82.7 cm³/mol. The van der Waals surface area contributed by atoms with Crippen LogP contribution in [-0.2, 0) is 4.79 Å². The summed E-state index contributed by atoms with van der Waals surface area (Å²) in [7, 11) is 0. The lowest BCUT2D eigenvalue weighted by Gasteiger charge is -2.17. The fourth-order valence-electron chi connectivity index (χ4n) is 2.35. The number of aliphatic carboxylic acids is 1. The second-order valence-electron chi connectivity index (χ2n) is 5.44. The molecule has 0 aliphatic rings. The molecule has 3 nitrogen and oxygen atoms in total. The van der Waals surface area contributed by atoms with Crippen LogP contribution in [0.2, 0.25) is 0 Å². The van der Waals surface area contributed by atoms with Gasteiger partial charge in [-0.05, 0) is 49.2 Å². The summed E-state index contributed by atoms with van der Waals surface area (Å²) >= 11 is 0. The number of rotatable bonds is 6. The molecule has 2 aromatic carbocycles. The number of ether oxygens (including phenoxy) is 1. The first-order valence-corrected chi connectivity index (χ1v) is 7.19. The van der Waals surface area contributed by atoms with E-state index in [0.717, 1.165) is 16.9 Å². The van der Waals surface area contributed by atoms with Crippen molar-refractivity contribution in [1.82, 2.24) is 0 Å². The van der Waals surface area contributed by atoms with Gasteiger partial charge in [-0.2, -0.15) is 0 Å². The monoisotopic (exact) mass is 302 g/mol. The second kappa shape index (κ2) is 7.07. The zero-order valence-corrected chi connectivity index (χ0v) is 12.6. The highest BCUT2D eigenvalue weighted by Gasteiger charge is 2.18. The molecule has 2 rings (SSSR count). The van der Waals surface area contributed by atoms with Crippen molar-refractivity contribution >= 4 is 5.97 Å². The molecule has 0 spiro atoms. The van der Waals surface area contributed by atoms with Crippen molar-refractivity contribution in [3.05, 3.63) is 65.5 Å². The summed E-state index contributed by atoms with van der Waals surface area (Å²) in [6.45, 7) is 3.89. The van der Waals surface area contributed by atoms with Crippen molar-refractivity contribution in [3.63, 3.8) is 0 Å². The maximum Gasteiger partial charge on any atom is 0.304 e. The van der Waals surface area contributed by atoms with Crippen molar-refractivity contribution in [3.8, 4) is 5.75 Å². The van der Waals surface area contributed by atoms with Crippen LogP contribution in [0.3, 0.4) is 0 Å². The van der Waals surface area contributed by atoms with E-state index in [1.165, 1.54) is 12.1 Å². The third kappa shape index (κ3) is 4.32. The molecule has 0 bridgehead atoms. The maximum atomic E-state index is 13.1. The smallest absolute Gasteiger partial charge is 0.304 e. The molecule has 1 atom stereocenters. The molecule has 0 aliphatic heterocycles. The summed E-state index contributed by atoms with van der Waals surface area (Å²) in [6.07, 6.45) is 0.0356. The Kier molecular flexibility index (Phi) is 5.15. The van der Waals surface area contributed by atoms with Crippen molar-refractivity contribution in [2.45, 2.75) is 32.3 Å². The Morgan fingerprint density at radius 3 is 2.00 bits per heavy atom. The Morgan fingerprint density at radius 2 is 1.55 bits per heavy atom. The molecule has 0 heterocycles. The summed E-state index contributed by atoms with van der Waals surface area (Å²) in [5.41, 5.74) is 1.64. The zero-order chi connectivity index (χ0) is 16.1. The Balaban J connectivity index is 2.28. The number of hydrogen-bond acceptors (Lipinski definition) is 2. The molecule has 1 N–H and O–H groups in total. The molecule has 22 heavy (non-hydrogen) atoms. The van der Waals surface area contributed by atoms with E-state index in [2.05, 4.69) is 0 Å². The van der Waals surface area contributed by atoms with E-state index in [0.29, 0.717) is 0 Å². The van der Waals surface area contributed by atoms with E-state index >= 15 is 0 Å². The minimum Gasteiger partial charge on any atom is -0.491 e. The van der Waals surface area contributed by atoms with Crippen molar-refractivity contribution < 1.29 is 19.0 Å². The summed E-state index contributed by atoms with van der Waals surface area (Å²) in [4.78, 5) is 11.1. The highest BCUT2D eigenvalue weighted by atomic mass is 19.1. The van der Waals surface area contributed by atoms with Crippen LogP contribution in [0.1, 0.15) is 37.3 Å². The van der Waals surface area contributed by atoms with Gasteiger partial charge in [0.2, 0.25) is 0 Å². The molecule has 0 unspecified atom stereocenters. The number of carbonyl (C=O) groups is 1.